The number of piperazine rings is 1. The number of anilines is 1. The zero-order valence-electron chi connectivity index (χ0n) is 13.4. The molecule has 0 radical (unpaired) electrons. The Morgan fingerprint density at radius 2 is 1.81 bits per heavy atom. The Morgan fingerprint density at radius 3 is 2.42 bits per heavy atom. The van der Waals surface area contributed by atoms with Crippen LogP contribution in [0.4, 0.5) is 23.1 Å². The molecule has 11 heteroatoms. The summed E-state index contributed by atoms with van der Waals surface area (Å²) in [6.45, 7) is 1.02. The summed E-state index contributed by atoms with van der Waals surface area (Å²) in [5, 5.41) is 10.3. The summed E-state index contributed by atoms with van der Waals surface area (Å²) < 4.78 is 38.4. The van der Waals surface area contributed by atoms with E-state index in [-0.39, 0.29) is 37.8 Å². The number of alkyl halides is 3. The summed E-state index contributed by atoms with van der Waals surface area (Å²) in [6, 6.07) is 3.98. The van der Waals surface area contributed by atoms with Crippen molar-refractivity contribution in [2.75, 3.05) is 31.5 Å². The Labute approximate surface area is 150 Å². The Balaban J connectivity index is 1.59. The highest BCUT2D eigenvalue weighted by atomic mass is 32.1. The average Bonchev–Trinajstić information content (AvgIpc) is 3.13. The molecule has 0 saturated carbocycles. The van der Waals surface area contributed by atoms with Gasteiger partial charge in [-0.25, -0.2) is 4.79 Å². The molecule has 1 aliphatic rings. The maximum Gasteiger partial charge on any atom is 0.416 e. The van der Waals surface area contributed by atoms with Crippen LogP contribution in [0.2, 0.25) is 0 Å². The smallest absolute Gasteiger partial charge is 0.335 e. The highest BCUT2D eigenvalue weighted by molar-refractivity contribution is 7.13. The summed E-state index contributed by atoms with van der Waals surface area (Å²) in [6.07, 6.45) is -4.50. The molecule has 0 unspecified atom stereocenters. The molecule has 0 aliphatic carbocycles. The Hall–Kier alpha value is -2.69. The molecule has 3 amide bonds. The molecule has 1 aromatic heterocycles. The molecule has 1 aromatic carbocycles. The summed E-state index contributed by atoms with van der Waals surface area (Å²) in [5.41, 5.74) is 0.603. The zero-order valence-corrected chi connectivity index (χ0v) is 14.2. The molecule has 26 heavy (non-hydrogen) atoms. The van der Waals surface area contributed by atoms with Crippen LogP contribution in [0, 0.1) is 0 Å². The van der Waals surface area contributed by atoms with Crippen molar-refractivity contribution in [2.45, 2.75) is 6.18 Å². The SMILES string of the molecule is O=C(Nc1nncs1)N1CCN(C(=O)c2cccc(C(F)(F)F)c2)CC1. The minimum atomic E-state index is -4.50. The largest absolute Gasteiger partial charge is 0.416 e. The van der Waals surface area contributed by atoms with Crippen LogP contribution < -0.4 is 5.32 Å². The second-order valence-electron chi connectivity index (χ2n) is 5.53. The molecular weight excluding hydrogens is 371 g/mol. The number of amides is 3. The van der Waals surface area contributed by atoms with Crippen molar-refractivity contribution in [1.82, 2.24) is 20.0 Å². The van der Waals surface area contributed by atoms with Crippen LogP contribution in [0.15, 0.2) is 29.8 Å². The van der Waals surface area contributed by atoms with Gasteiger partial charge in [-0.05, 0) is 18.2 Å². The molecule has 1 saturated heterocycles. The number of carbonyl (C=O) groups excluding carboxylic acids is 2. The van der Waals surface area contributed by atoms with E-state index in [1.165, 1.54) is 38.8 Å². The van der Waals surface area contributed by atoms with Gasteiger partial charge < -0.3 is 9.80 Å². The lowest BCUT2D eigenvalue weighted by atomic mass is 10.1. The third-order valence-corrected chi connectivity index (χ3v) is 4.47. The third-order valence-electron chi connectivity index (χ3n) is 3.86. The molecule has 0 atom stereocenters. The van der Waals surface area contributed by atoms with Gasteiger partial charge in [-0.3, -0.25) is 10.1 Å². The Bertz CT molecular complexity index is 789. The van der Waals surface area contributed by atoms with Gasteiger partial charge in [0.05, 0.1) is 5.56 Å². The first-order valence-corrected chi connectivity index (χ1v) is 8.51. The van der Waals surface area contributed by atoms with Crippen LogP contribution in [-0.4, -0.2) is 58.1 Å². The van der Waals surface area contributed by atoms with Gasteiger partial charge in [0, 0.05) is 31.7 Å². The monoisotopic (exact) mass is 385 g/mol. The van der Waals surface area contributed by atoms with Crippen LogP contribution in [0.25, 0.3) is 0 Å². The minimum Gasteiger partial charge on any atom is -0.335 e. The normalized spacial score (nSPS) is 15.0. The number of hydrogen-bond donors (Lipinski definition) is 1. The van der Waals surface area contributed by atoms with Gasteiger partial charge in [0.2, 0.25) is 5.13 Å². The van der Waals surface area contributed by atoms with Gasteiger partial charge in [0.1, 0.15) is 5.51 Å². The molecule has 0 bridgehead atoms. The van der Waals surface area contributed by atoms with Crippen LogP contribution >= 0.6 is 11.3 Å². The van der Waals surface area contributed by atoms with E-state index in [1.54, 1.807) is 0 Å². The number of rotatable bonds is 2. The van der Waals surface area contributed by atoms with Crippen molar-refractivity contribution < 1.29 is 22.8 Å². The highest BCUT2D eigenvalue weighted by Gasteiger charge is 2.32. The van der Waals surface area contributed by atoms with Crippen molar-refractivity contribution in [3.63, 3.8) is 0 Å². The van der Waals surface area contributed by atoms with Gasteiger partial charge in [-0.2, -0.15) is 13.2 Å². The topological polar surface area (TPSA) is 78.4 Å². The van der Waals surface area contributed by atoms with Crippen molar-refractivity contribution in [3.8, 4) is 0 Å². The number of urea groups is 1. The first-order valence-electron chi connectivity index (χ1n) is 7.63. The fourth-order valence-electron chi connectivity index (χ4n) is 2.52. The van der Waals surface area contributed by atoms with Gasteiger partial charge in [0.15, 0.2) is 0 Å². The number of hydrogen-bond acceptors (Lipinski definition) is 5. The number of nitrogens with one attached hydrogen (secondary N) is 1. The van der Waals surface area contributed by atoms with E-state index >= 15 is 0 Å². The van der Waals surface area contributed by atoms with E-state index in [4.69, 9.17) is 0 Å². The van der Waals surface area contributed by atoms with Gasteiger partial charge >= 0.3 is 12.2 Å². The maximum atomic E-state index is 12.8. The molecular formula is C15H14F3N5O2S. The van der Waals surface area contributed by atoms with E-state index < -0.39 is 17.6 Å². The molecule has 0 spiro atoms. The fraction of sp³-hybridized carbons (Fsp3) is 0.333. The summed E-state index contributed by atoms with van der Waals surface area (Å²) in [5.74, 6) is -0.486. The summed E-state index contributed by atoms with van der Waals surface area (Å²) >= 11 is 1.18. The molecule has 1 N–H and O–H groups in total. The number of halogens is 3. The van der Waals surface area contributed by atoms with Crippen LogP contribution in [0.1, 0.15) is 15.9 Å². The van der Waals surface area contributed by atoms with Crippen LogP contribution in [-0.2, 0) is 6.18 Å². The Kier molecular flexibility index (Phi) is 5.07. The van der Waals surface area contributed by atoms with Crippen LogP contribution in [0.3, 0.4) is 0 Å². The molecule has 2 heterocycles. The van der Waals surface area contributed by atoms with Crippen molar-refractivity contribution in [1.29, 1.82) is 0 Å². The van der Waals surface area contributed by atoms with Gasteiger partial charge in [-0.15, -0.1) is 10.2 Å². The first kappa shape index (κ1) is 18.1. The zero-order chi connectivity index (χ0) is 18.7. The van der Waals surface area contributed by atoms with E-state index in [0.29, 0.717) is 5.13 Å². The predicted octanol–water partition coefficient (Wildman–Crippen LogP) is 2.55. The summed E-state index contributed by atoms with van der Waals surface area (Å²) in [4.78, 5) is 27.5. The van der Waals surface area contributed by atoms with Gasteiger partial charge in [-0.1, -0.05) is 17.4 Å². The Morgan fingerprint density at radius 1 is 1.12 bits per heavy atom. The van der Waals surface area contributed by atoms with Crippen LogP contribution in [0.5, 0.6) is 0 Å². The lowest BCUT2D eigenvalue weighted by Crippen LogP contribution is -2.51. The summed E-state index contributed by atoms with van der Waals surface area (Å²) in [7, 11) is 0. The third kappa shape index (κ3) is 4.10. The fourth-order valence-corrected chi connectivity index (χ4v) is 2.96. The van der Waals surface area contributed by atoms with E-state index in [9.17, 15) is 22.8 Å². The number of benzene rings is 1. The molecule has 138 valence electrons. The first-order chi connectivity index (χ1) is 12.3. The molecule has 1 aliphatic heterocycles. The molecule has 3 rings (SSSR count). The van der Waals surface area contributed by atoms with E-state index in [0.717, 1.165) is 12.1 Å². The highest BCUT2D eigenvalue weighted by Crippen LogP contribution is 2.29. The quantitative estimate of drug-likeness (QED) is 0.862. The lowest BCUT2D eigenvalue weighted by Gasteiger charge is -2.34. The molecule has 2 aromatic rings. The maximum absolute atomic E-state index is 12.8. The molecule has 7 nitrogen and oxygen atoms in total. The van der Waals surface area contributed by atoms with E-state index in [2.05, 4.69) is 15.5 Å². The van der Waals surface area contributed by atoms with Crippen molar-refractivity contribution in [2.24, 2.45) is 0 Å². The number of aromatic nitrogens is 2. The predicted molar refractivity (Wildman–Crippen MR) is 87.8 cm³/mol. The second kappa shape index (κ2) is 7.28. The van der Waals surface area contributed by atoms with Crippen molar-refractivity contribution in [3.05, 3.63) is 40.9 Å². The van der Waals surface area contributed by atoms with Crippen molar-refractivity contribution >= 4 is 28.4 Å². The lowest BCUT2D eigenvalue weighted by molar-refractivity contribution is -0.137. The van der Waals surface area contributed by atoms with E-state index in [1.807, 2.05) is 0 Å². The number of nitrogens with zero attached hydrogens (tertiary/aromatic N) is 4. The van der Waals surface area contributed by atoms with Gasteiger partial charge in [0.25, 0.3) is 5.91 Å². The minimum absolute atomic E-state index is 0.0217. The number of carbonyl (C=O) groups is 2. The molecule has 1 fully saturated rings. The standard InChI is InChI=1S/C15H14F3N5O2S/c16-15(17,18)11-3-1-2-10(8-11)12(24)22-4-6-23(7-5-22)14(25)20-13-21-19-9-26-13/h1-3,8-9H,4-7H2,(H,20,21,25). The second-order valence-corrected chi connectivity index (χ2v) is 6.37. The average molecular weight is 385 g/mol.